The third-order valence-electron chi connectivity index (χ3n) is 3.50. The first-order chi connectivity index (χ1) is 11.9. The Hall–Kier alpha value is -3.35. The van der Waals surface area contributed by atoms with E-state index >= 15 is 0 Å². The Morgan fingerprint density at radius 2 is 1.84 bits per heavy atom. The van der Waals surface area contributed by atoms with Crippen LogP contribution in [0.5, 0.6) is 11.5 Å². The van der Waals surface area contributed by atoms with E-state index in [-0.39, 0.29) is 11.6 Å². The Balaban J connectivity index is 2.15. The normalized spacial score (nSPS) is 10.5. The Labute approximate surface area is 145 Å². The van der Waals surface area contributed by atoms with Crippen LogP contribution in [0.4, 0.5) is 11.4 Å². The topological polar surface area (TPSA) is 90.7 Å². The zero-order valence-electron chi connectivity index (χ0n) is 14.1. The molecule has 0 aromatic heterocycles. The SMILES string of the molecule is COc1cc(C)c(NC(=O)/C=C/c2cccc([N+](=O)[O-])c2)cc1OC. The van der Waals surface area contributed by atoms with Crippen molar-refractivity contribution in [2.45, 2.75) is 6.92 Å². The van der Waals surface area contributed by atoms with Gasteiger partial charge in [0.25, 0.3) is 5.69 Å². The fourth-order valence-electron chi connectivity index (χ4n) is 2.20. The summed E-state index contributed by atoms with van der Waals surface area (Å²) in [5.74, 6) is 0.720. The number of amides is 1. The molecule has 7 nitrogen and oxygen atoms in total. The van der Waals surface area contributed by atoms with Gasteiger partial charge in [-0.1, -0.05) is 12.1 Å². The van der Waals surface area contributed by atoms with Crippen LogP contribution in [0.25, 0.3) is 6.08 Å². The van der Waals surface area contributed by atoms with Gasteiger partial charge in [-0.05, 0) is 30.2 Å². The number of methoxy groups -OCH3 is 2. The molecule has 25 heavy (non-hydrogen) atoms. The average molecular weight is 342 g/mol. The molecule has 130 valence electrons. The number of hydrogen-bond acceptors (Lipinski definition) is 5. The maximum atomic E-state index is 12.1. The van der Waals surface area contributed by atoms with Crippen molar-refractivity contribution < 1.29 is 19.2 Å². The van der Waals surface area contributed by atoms with Crippen LogP contribution in [-0.2, 0) is 4.79 Å². The molecule has 0 radical (unpaired) electrons. The van der Waals surface area contributed by atoms with Crippen molar-refractivity contribution in [3.05, 3.63) is 63.7 Å². The number of carbonyl (C=O) groups excluding carboxylic acids is 1. The number of carbonyl (C=O) groups is 1. The third kappa shape index (κ3) is 4.57. The number of ether oxygens (including phenoxy) is 2. The van der Waals surface area contributed by atoms with E-state index in [0.717, 1.165) is 5.56 Å². The molecule has 0 aliphatic heterocycles. The zero-order valence-corrected chi connectivity index (χ0v) is 14.1. The number of nitro groups is 1. The lowest BCUT2D eigenvalue weighted by atomic mass is 10.1. The lowest BCUT2D eigenvalue weighted by Gasteiger charge is -2.12. The fraction of sp³-hybridized carbons (Fsp3) is 0.167. The summed E-state index contributed by atoms with van der Waals surface area (Å²) in [4.78, 5) is 22.4. The molecule has 2 aromatic carbocycles. The number of anilines is 1. The molecule has 0 aliphatic rings. The average Bonchev–Trinajstić information content (AvgIpc) is 2.61. The summed E-state index contributed by atoms with van der Waals surface area (Å²) >= 11 is 0. The Kier molecular flexibility index (Phi) is 5.73. The molecule has 0 heterocycles. The van der Waals surface area contributed by atoms with Crippen LogP contribution in [0.3, 0.4) is 0 Å². The fourth-order valence-corrected chi connectivity index (χ4v) is 2.20. The second kappa shape index (κ2) is 7.96. The van der Waals surface area contributed by atoms with E-state index in [9.17, 15) is 14.9 Å². The predicted octanol–water partition coefficient (Wildman–Crippen LogP) is 3.57. The maximum Gasteiger partial charge on any atom is 0.270 e. The summed E-state index contributed by atoms with van der Waals surface area (Å²) in [6.45, 7) is 1.84. The highest BCUT2D eigenvalue weighted by atomic mass is 16.6. The third-order valence-corrected chi connectivity index (χ3v) is 3.50. The number of nitro benzene ring substituents is 1. The molecule has 1 N–H and O–H groups in total. The maximum absolute atomic E-state index is 12.1. The van der Waals surface area contributed by atoms with Gasteiger partial charge in [0.05, 0.1) is 19.1 Å². The van der Waals surface area contributed by atoms with E-state index < -0.39 is 4.92 Å². The molecule has 0 unspecified atom stereocenters. The van der Waals surface area contributed by atoms with Gasteiger partial charge in [0.2, 0.25) is 5.91 Å². The van der Waals surface area contributed by atoms with Crippen LogP contribution in [0, 0.1) is 17.0 Å². The minimum absolute atomic E-state index is 0.0294. The summed E-state index contributed by atoms with van der Waals surface area (Å²) in [5.41, 5.74) is 1.94. The van der Waals surface area contributed by atoms with Crippen molar-refractivity contribution in [3.63, 3.8) is 0 Å². The standard InChI is InChI=1S/C18H18N2O5/c1-12-9-16(24-2)17(25-3)11-15(12)19-18(21)8-7-13-5-4-6-14(10-13)20(22)23/h4-11H,1-3H3,(H,19,21)/b8-7+. The summed E-state index contributed by atoms with van der Waals surface area (Å²) in [6, 6.07) is 9.47. The van der Waals surface area contributed by atoms with Crippen LogP contribution in [0.1, 0.15) is 11.1 Å². The highest BCUT2D eigenvalue weighted by Crippen LogP contribution is 2.32. The van der Waals surface area contributed by atoms with Crippen molar-refractivity contribution in [3.8, 4) is 11.5 Å². The molecule has 2 rings (SSSR count). The monoisotopic (exact) mass is 342 g/mol. The smallest absolute Gasteiger partial charge is 0.270 e. The van der Waals surface area contributed by atoms with E-state index in [4.69, 9.17) is 9.47 Å². The van der Waals surface area contributed by atoms with Crippen molar-refractivity contribution in [1.82, 2.24) is 0 Å². The van der Waals surface area contributed by atoms with Crippen LogP contribution >= 0.6 is 0 Å². The van der Waals surface area contributed by atoms with Crippen molar-refractivity contribution >= 4 is 23.4 Å². The summed E-state index contributed by atoms with van der Waals surface area (Å²) in [6.07, 6.45) is 2.83. The van der Waals surface area contributed by atoms with E-state index in [2.05, 4.69) is 5.32 Å². The Bertz CT molecular complexity index is 830. The van der Waals surface area contributed by atoms with Gasteiger partial charge in [0.15, 0.2) is 11.5 Å². The molecule has 1 amide bonds. The minimum Gasteiger partial charge on any atom is -0.493 e. The van der Waals surface area contributed by atoms with Gasteiger partial charge in [0, 0.05) is 30.0 Å². The van der Waals surface area contributed by atoms with E-state index in [1.807, 2.05) is 6.92 Å². The molecular weight excluding hydrogens is 324 g/mol. The summed E-state index contributed by atoms with van der Waals surface area (Å²) in [7, 11) is 3.05. The Morgan fingerprint density at radius 3 is 2.48 bits per heavy atom. The van der Waals surface area contributed by atoms with Crippen molar-refractivity contribution in [2.24, 2.45) is 0 Å². The first kappa shape index (κ1) is 18.0. The number of non-ortho nitro benzene ring substituents is 1. The molecule has 7 heteroatoms. The first-order valence-electron chi connectivity index (χ1n) is 7.40. The molecule has 0 aliphatic carbocycles. The quantitative estimate of drug-likeness (QED) is 0.492. The minimum atomic E-state index is -0.482. The van der Waals surface area contributed by atoms with Crippen molar-refractivity contribution in [1.29, 1.82) is 0 Å². The number of nitrogens with zero attached hydrogens (tertiary/aromatic N) is 1. The Morgan fingerprint density at radius 1 is 1.16 bits per heavy atom. The summed E-state index contributed by atoms with van der Waals surface area (Å²) < 4.78 is 10.4. The number of benzene rings is 2. The first-order valence-corrected chi connectivity index (χ1v) is 7.40. The number of rotatable bonds is 6. The van der Waals surface area contributed by atoms with Crippen LogP contribution in [0.2, 0.25) is 0 Å². The highest BCUT2D eigenvalue weighted by molar-refractivity contribution is 6.02. The van der Waals surface area contributed by atoms with Gasteiger partial charge in [0.1, 0.15) is 0 Å². The van der Waals surface area contributed by atoms with Gasteiger partial charge >= 0.3 is 0 Å². The number of hydrogen-bond donors (Lipinski definition) is 1. The second-order valence-electron chi connectivity index (χ2n) is 5.20. The largest absolute Gasteiger partial charge is 0.493 e. The van der Waals surface area contributed by atoms with E-state index in [1.54, 1.807) is 24.3 Å². The molecule has 0 saturated heterocycles. The van der Waals surface area contributed by atoms with Crippen LogP contribution in [0.15, 0.2) is 42.5 Å². The van der Waals surface area contributed by atoms with Crippen LogP contribution < -0.4 is 14.8 Å². The highest BCUT2D eigenvalue weighted by Gasteiger charge is 2.10. The van der Waals surface area contributed by atoms with Gasteiger partial charge in [-0.25, -0.2) is 0 Å². The van der Waals surface area contributed by atoms with Gasteiger partial charge in [-0.15, -0.1) is 0 Å². The molecular formula is C18H18N2O5. The number of aryl methyl sites for hydroxylation is 1. The van der Waals surface area contributed by atoms with E-state index in [0.29, 0.717) is 22.7 Å². The summed E-state index contributed by atoms with van der Waals surface area (Å²) in [5, 5.41) is 13.5. The molecule has 0 atom stereocenters. The van der Waals surface area contributed by atoms with Gasteiger partial charge in [-0.2, -0.15) is 0 Å². The van der Waals surface area contributed by atoms with Gasteiger partial charge in [-0.3, -0.25) is 14.9 Å². The predicted molar refractivity (Wildman–Crippen MR) is 95.0 cm³/mol. The molecule has 2 aromatic rings. The van der Waals surface area contributed by atoms with E-state index in [1.165, 1.54) is 38.5 Å². The lowest BCUT2D eigenvalue weighted by molar-refractivity contribution is -0.384. The van der Waals surface area contributed by atoms with Crippen LogP contribution in [-0.4, -0.2) is 25.1 Å². The van der Waals surface area contributed by atoms with Crippen molar-refractivity contribution in [2.75, 3.05) is 19.5 Å². The second-order valence-corrected chi connectivity index (χ2v) is 5.20. The molecule has 0 saturated carbocycles. The number of nitrogens with one attached hydrogen (secondary N) is 1. The molecule has 0 bridgehead atoms. The molecule has 0 fully saturated rings. The lowest BCUT2D eigenvalue weighted by Crippen LogP contribution is -2.09. The van der Waals surface area contributed by atoms with Gasteiger partial charge < -0.3 is 14.8 Å². The zero-order chi connectivity index (χ0) is 18.4. The molecule has 0 spiro atoms.